The van der Waals surface area contributed by atoms with Gasteiger partial charge in [0.1, 0.15) is 11.0 Å². The molecule has 24 heavy (non-hydrogen) atoms. The Hall–Kier alpha value is -1.85. The summed E-state index contributed by atoms with van der Waals surface area (Å²) in [5.74, 6) is 0.799. The van der Waals surface area contributed by atoms with E-state index in [0.717, 1.165) is 16.7 Å². The second kappa shape index (κ2) is 10.1. The molecule has 0 spiro atoms. The second-order valence-corrected chi connectivity index (χ2v) is 7.71. The lowest BCUT2D eigenvalue weighted by Crippen LogP contribution is -2.33. The van der Waals surface area contributed by atoms with Crippen LogP contribution in [0.5, 0.6) is 0 Å². The lowest BCUT2D eigenvalue weighted by Gasteiger charge is -2.19. The van der Waals surface area contributed by atoms with E-state index in [1.54, 1.807) is 45.0 Å². The van der Waals surface area contributed by atoms with E-state index in [0.29, 0.717) is 23.7 Å². The van der Waals surface area contributed by atoms with Gasteiger partial charge < -0.3 is 15.4 Å². The van der Waals surface area contributed by atoms with E-state index in [-0.39, 0.29) is 5.91 Å². The number of nitrogens with one attached hydrogen (secondary N) is 2. The van der Waals surface area contributed by atoms with E-state index >= 15 is 0 Å². The molecule has 130 valence electrons. The van der Waals surface area contributed by atoms with Gasteiger partial charge in [-0.15, -0.1) is 0 Å². The minimum Gasteiger partial charge on any atom is -0.444 e. The Morgan fingerprint density at radius 1 is 1.25 bits per heavy atom. The van der Waals surface area contributed by atoms with Gasteiger partial charge in [-0.05, 0) is 56.8 Å². The van der Waals surface area contributed by atoms with Crippen molar-refractivity contribution in [2.45, 2.75) is 31.3 Å². The highest BCUT2D eigenvalue weighted by atomic mass is 32.2. The summed E-state index contributed by atoms with van der Waals surface area (Å²) in [5.41, 5.74) is 0.174. The monoisotopic (exact) mass is 367 g/mol. The van der Waals surface area contributed by atoms with E-state index in [9.17, 15) is 9.59 Å². The smallest absolute Gasteiger partial charge is 0.407 e. The van der Waals surface area contributed by atoms with Crippen molar-refractivity contribution in [1.82, 2.24) is 5.32 Å². The zero-order chi connectivity index (χ0) is 18.0. The van der Waals surface area contributed by atoms with E-state index in [1.165, 1.54) is 11.8 Å². The molecule has 0 radical (unpaired) electrons. The van der Waals surface area contributed by atoms with Gasteiger partial charge in [-0.1, -0.05) is 0 Å². The number of nitriles is 1. The average Bonchev–Trinajstić information content (AvgIpc) is 2.47. The third kappa shape index (κ3) is 9.33. The molecule has 0 aromatic heterocycles. The molecule has 1 aromatic carbocycles. The summed E-state index contributed by atoms with van der Waals surface area (Å²) < 4.78 is 5.11. The molecular formula is C16H21N3O3S2. The second-order valence-electron chi connectivity index (χ2n) is 5.75. The molecule has 0 unspecified atom stereocenters. The maximum absolute atomic E-state index is 11.8. The maximum Gasteiger partial charge on any atom is 0.407 e. The van der Waals surface area contributed by atoms with Gasteiger partial charge in [-0.3, -0.25) is 4.79 Å². The molecule has 0 saturated carbocycles. The molecule has 2 amide bonds. The standard InChI is InChI=1S/C16H21N3O3S2/c1-16(2,3)22-15(21)18-8-9-23-10-14(20)19-12-4-6-13(7-5-12)24-11-17/h4-7H,8-10H2,1-3H3,(H,18,21)(H,19,20). The van der Waals surface area contributed by atoms with Crippen molar-refractivity contribution < 1.29 is 14.3 Å². The van der Waals surface area contributed by atoms with Crippen LogP contribution in [0.25, 0.3) is 0 Å². The van der Waals surface area contributed by atoms with Crippen LogP contribution in [0, 0.1) is 10.7 Å². The first kappa shape index (κ1) is 20.2. The number of benzene rings is 1. The van der Waals surface area contributed by atoms with Crippen LogP contribution in [0.15, 0.2) is 29.2 Å². The van der Waals surface area contributed by atoms with E-state index in [1.807, 2.05) is 5.40 Å². The van der Waals surface area contributed by atoms with E-state index < -0.39 is 11.7 Å². The normalized spacial score (nSPS) is 10.6. The summed E-state index contributed by atoms with van der Waals surface area (Å²) in [6.07, 6.45) is -0.456. The van der Waals surface area contributed by atoms with Gasteiger partial charge in [-0.2, -0.15) is 17.0 Å². The average molecular weight is 367 g/mol. The first-order valence-electron chi connectivity index (χ1n) is 7.30. The molecule has 1 aromatic rings. The van der Waals surface area contributed by atoms with Crippen LogP contribution in [0.1, 0.15) is 20.8 Å². The molecule has 1 rings (SSSR count). The van der Waals surface area contributed by atoms with E-state index in [2.05, 4.69) is 10.6 Å². The van der Waals surface area contributed by atoms with Crippen LogP contribution in [-0.4, -0.2) is 35.7 Å². The zero-order valence-electron chi connectivity index (χ0n) is 13.9. The number of ether oxygens (including phenoxy) is 1. The van der Waals surface area contributed by atoms with Gasteiger partial charge in [0.05, 0.1) is 5.75 Å². The van der Waals surface area contributed by atoms with Crippen molar-refractivity contribution in [3.63, 3.8) is 0 Å². The molecule has 0 saturated heterocycles. The van der Waals surface area contributed by atoms with Crippen molar-refractivity contribution in [1.29, 1.82) is 5.26 Å². The SMILES string of the molecule is CC(C)(C)OC(=O)NCCSCC(=O)Nc1ccc(SC#N)cc1. The summed E-state index contributed by atoms with van der Waals surface area (Å²) in [6.45, 7) is 5.85. The van der Waals surface area contributed by atoms with Crippen LogP contribution in [0.4, 0.5) is 10.5 Å². The molecule has 0 aliphatic heterocycles. The van der Waals surface area contributed by atoms with Crippen molar-refractivity contribution >= 4 is 41.2 Å². The van der Waals surface area contributed by atoms with E-state index in [4.69, 9.17) is 10.00 Å². The molecule has 0 aliphatic carbocycles. The van der Waals surface area contributed by atoms with Crippen molar-refractivity contribution in [2.24, 2.45) is 0 Å². The van der Waals surface area contributed by atoms with Crippen LogP contribution >= 0.6 is 23.5 Å². The number of hydrogen-bond donors (Lipinski definition) is 2. The van der Waals surface area contributed by atoms with Gasteiger partial charge in [0.2, 0.25) is 5.91 Å². The number of anilines is 1. The quantitative estimate of drug-likeness (QED) is 0.436. The third-order valence-electron chi connectivity index (χ3n) is 2.45. The fourth-order valence-electron chi connectivity index (χ4n) is 1.56. The van der Waals surface area contributed by atoms with Crippen LogP contribution in [-0.2, 0) is 9.53 Å². The molecule has 0 bridgehead atoms. The highest BCUT2D eigenvalue weighted by Gasteiger charge is 2.15. The molecule has 0 fully saturated rings. The summed E-state index contributed by atoms with van der Waals surface area (Å²) in [7, 11) is 0. The summed E-state index contributed by atoms with van der Waals surface area (Å²) in [6, 6.07) is 7.07. The minimum absolute atomic E-state index is 0.113. The highest BCUT2D eigenvalue weighted by Crippen LogP contribution is 2.19. The highest BCUT2D eigenvalue weighted by molar-refractivity contribution is 8.03. The topological polar surface area (TPSA) is 91.2 Å². The molecular weight excluding hydrogens is 346 g/mol. The fourth-order valence-corrected chi connectivity index (χ4v) is 2.59. The van der Waals surface area contributed by atoms with Crippen LogP contribution in [0.2, 0.25) is 0 Å². The largest absolute Gasteiger partial charge is 0.444 e. The Balaban J connectivity index is 2.18. The van der Waals surface area contributed by atoms with Crippen LogP contribution in [0.3, 0.4) is 0 Å². The number of alkyl carbamates (subject to hydrolysis) is 1. The molecule has 0 aliphatic rings. The lowest BCUT2D eigenvalue weighted by atomic mass is 10.2. The van der Waals surface area contributed by atoms with Gasteiger partial charge in [-0.25, -0.2) is 4.79 Å². The number of thiocyanates is 1. The Morgan fingerprint density at radius 3 is 2.50 bits per heavy atom. The van der Waals surface area contributed by atoms with Gasteiger partial charge in [0.15, 0.2) is 0 Å². The van der Waals surface area contributed by atoms with Crippen LogP contribution < -0.4 is 10.6 Å². The number of nitrogens with zero attached hydrogens (tertiary/aromatic N) is 1. The van der Waals surface area contributed by atoms with Gasteiger partial charge >= 0.3 is 6.09 Å². The van der Waals surface area contributed by atoms with Crippen molar-refractivity contribution in [3.8, 4) is 5.40 Å². The van der Waals surface area contributed by atoms with Gasteiger partial charge in [0.25, 0.3) is 0 Å². The molecule has 6 nitrogen and oxygen atoms in total. The molecule has 0 atom stereocenters. The third-order valence-corrected chi connectivity index (χ3v) is 4.01. The maximum atomic E-state index is 11.8. The zero-order valence-corrected chi connectivity index (χ0v) is 15.6. The predicted octanol–water partition coefficient (Wildman–Crippen LogP) is 3.46. The summed E-state index contributed by atoms with van der Waals surface area (Å²) in [5, 5.41) is 16.0. The fraction of sp³-hybridized carbons (Fsp3) is 0.438. The van der Waals surface area contributed by atoms with Crippen molar-refractivity contribution in [2.75, 3.05) is 23.4 Å². The first-order valence-corrected chi connectivity index (χ1v) is 9.28. The molecule has 2 N–H and O–H groups in total. The number of hydrogen-bond acceptors (Lipinski definition) is 6. The minimum atomic E-state index is -0.515. The molecule has 0 heterocycles. The number of carbonyl (C=O) groups excluding carboxylic acids is 2. The Bertz CT molecular complexity index is 592. The predicted molar refractivity (Wildman–Crippen MR) is 98.1 cm³/mol. The molecule has 8 heteroatoms. The summed E-state index contributed by atoms with van der Waals surface area (Å²) >= 11 is 2.49. The van der Waals surface area contributed by atoms with Crippen molar-refractivity contribution in [3.05, 3.63) is 24.3 Å². The number of amides is 2. The Morgan fingerprint density at radius 2 is 1.92 bits per heavy atom. The lowest BCUT2D eigenvalue weighted by molar-refractivity contribution is -0.113. The number of rotatable bonds is 7. The summed E-state index contributed by atoms with van der Waals surface area (Å²) in [4.78, 5) is 24.1. The Kier molecular flexibility index (Phi) is 8.50. The number of carbonyl (C=O) groups is 2. The first-order chi connectivity index (χ1) is 11.3. The van der Waals surface area contributed by atoms with Gasteiger partial charge in [0, 0.05) is 22.9 Å². The Labute approximate surface area is 150 Å². The number of thioether (sulfide) groups is 2.